The number of aliphatic hydroxyl groups is 2. The molecule has 1 saturated heterocycles. The lowest BCUT2D eigenvalue weighted by molar-refractivity contribution is -0.148. The minimum atomic E-state index is -0.847. The zero-order valence-electron chi connectivity index (χ0n) is 17.2. The van der Waals surface area contributed by atoms with Crippen molar-refractivity contribution >= 4 is 5.91 Å². The van der Waals surface area contributed by atoms with E-state index in [1.807, 2.05) is 13.0 Å². The molecule has 0 aliphatic carbocycles. The van der Waals surface area contributed by atoms with Crippen molar-refractivity contribution < 1.29 is 23.8 Å². The fourth-order valence-electron chi connectivity index (χ4n) is 3.84. The predicted molar refractivity (Wildman–Crippen MR) is 115 cm³/mol. The molecule has 1 heterocycles. The molecule has 1 aliphatic heterocycles. The largest absolute Gasteiger partial charge is 0.509 e. The SMILES string of the molecule is C=C(O)/C=C\C(=C/C)[C@H]1[C@H](c2ccc(F)cc2)C(=O)N1CCC(O)c1ccc(F)cc1. The van der Waals surface area contributed by atoms with E-state index in [-0.39, 0.29) is 42.3 Å². The monoisotopic (exact) mass is 425 g/mol. The number of allylic oxidation sites excluding steroid dienone is 2. The van der Waals surface area contributed by atoms with Crippen LogP contribution in [0.15, 0.2) is 84.7 Å². The fraction of sp³-hybridized carbons (Fsp3) is 0.240. The maximum Gasteiger partial charge on any atom is 0.233 e. The van der Waals surface area contributed by atoms with E-state index in [2.05, 4.69) is 6.58 Å². The van der Waals surface area contributed by atoms with Gasteiger partial charge in [0, 0.05) is 6.54 Å². The Morgan fingerprint density at radius 1 is 1.10 bits per heavy atom. The number of carbonyl (C=O) groups is 1. The number of hydrogen-bond donors (Lipinski definition) is 2. The van der Waals surface area contributed by atoms with Crippen molar-refractivity contribution in [1.82, 2.24) is 4.90 Å². The molecule has 1 fully saturated rings. The minimum absolute atomic E-state index is 0.110. The highest BCUT2D eigenvalue weighted by molar-refractivity contribution is 5.92. The lowest BCUT2D eigenvalue weighted by Gasteiger charge is -2.48. The summed E-state index contributed by atoms with van der Waals surface area (Å²) in [6.07, 6.45) is 4.42. The van der Waals surface area contributed by atoms with E-state index in [9.17, 15) is 23.8 Å². The average molecular weight is 425 g/mol. The number of nitrogens with zero attached hydrogens (tertiary/aromatic N) is 1. The molecule has 3 rings (SSSR count). The number of carbonyl (C=O) groups excluding carboxylic acids is 1. The number of aliphatic hydroxyl groups excluding tert-OH is 2. The summed E-state index contributed by atoms with van der Waals surface area (Å²) >= 11 is 0. The first-order valence-electron chi connectivity index (χ1n) is 10.0. The van der Waals surface area contributed by atoms with Crippen molar-refractivity contribution in [2.45, 2.75) is 31.4 Å². The van der Waals surface area contributed by atoms with Crippen LogP contribution in [0.25, 0.3) is 0 Å². The zero-order valence-corrected chi connectivity index (χ0v) is 17.2. The average Bonchev–Trinajstić information content (AvgIpc) is 2.75. The quantitative estimate of drug-likeness (QED) is 0.357. The first kappa shape index (κ1) is 22.4. The van der Waals surface area contributed by atoms with Gasteiger partial charge in [0.1, 0.15) is 17.4 Å². The summed E-state index contributed by atoms with van der Waals surface area (Å²) in [5, 5.41) is 19.9. The molecule has 0 radical (unpaired) electrons. The van der Waals surface area contributed by atoms with Crippen LogP contribution in [0.1, 0.15) is 36.5 Å². The lowest BCUT2D eigenvalue weighted by Crippen LogP contribution is -2.60. The maximum atomic E-state index is 13.4. The van der Waals surface area contributed by atoms with Gasteiger partial charge in [-0.05, 0) is 60.4 Å². The van der Waals surface area contributed by atoms with Crippen LogP contribution in [-0.2, 0) is 4.79 Å². The first-order chi connectivity index (χ1) is 14.8. The van der Waals surface area contributed by atoms with E-state index >= 15 is 0 Å². The van der Waals surface area contributed by atoms with Crippen LogP contribution in [0.4, 0.5) is 8.78 Å². The maximum absolute atomic E-state index is 13.4. The standard InChI is InChI=1S/C25H25F2NO3/c1-3-17(5-4-16(2)29)24-23(19-8-12-21(27)13-9-19)25(31)28(24)15-14-22(30)18-6-10-20(26)11-7-18/h3-13,22-24,29-30H,2,14-15H2,1H3/b5-4-,17-3+/t22?,23-,24-/m0/s1. The van der Waals surface area contributed by atoms with Gasteiger partial charge in [-0.25, -0.2) is 8.78 Å². The number of β-lactam (4-membered cyclic amide) rings is 1. The van der Waals surface area contributed by atoms with Gasteiger partial charge in [-0.2, -0.15) is 0 Å². The number of rotatable bonds is 8. The minimum Gasteiger partial charge on any atom is -0.509 e. The van der Waals surface area contributed by atoms with Crippen LogP contribution in [0, 0.1) is 11.6 Å². The van der Waals surface area contributed by atoms with Gasteiger partial charge in [-0.3, -0.25) is 4.79 Å². The summed E-state index contributed by atoms with van der Waals surface area (Å²) in [7, 11) is 0. The second-order valence-electron chi connectivity index (χ2n) is 7.48. The molecule has 2 aromatic carbocycles. The Bertz CT molecular complexity index is 996. The van der Waals surface area contributed by atoms with Gasteiger partial charge in [-0.15, -0.1) is 0 Å². The number of likely N-dealkylation sites (tertiary alicyclic amines) is 1. The molecule has 162 valence electrons. The first-order valence-corrected chi connectivity index (χ1v) is 10.0. The molecular formula is C25H25F2NO3. The summed E-state index contributed by atoms with van der Waals surface area (Å²) in [5.41, 5.74) is 2.06. The summed E-state index contributed by atoms with van der Waals surface area (Å²) in [5.74, 6) is -1.49. The van der Waals surface area contributed by atoms with E-state index in [1.54, 1.807) is 23.1 Å². The molecule has 4 nitrogen and oxygen atoms in total. The van der Waals surface area contributed by atoms with E-state index in [0.717, 1.165) is 5.57 Å². The summed E-state index contributed by atoms with van der Waals surface area (Å²) in [4.78, 5) is 14.6. The zero-order chi connectivity index (χ0) is 22.5. The Morgan fingerprint density at radius 3 is 2.23 bits per heavy atom. The van der Waals surface area contributed by atoms with Crippen molar-refractivity contribution in [1.29, 1.82) is 0 Å². The van der Waals surface area contributed by atoms with Crippen molar-refractivity contribution in [3.05, 3.63) is 107 Å². The molecule has 0 bridgehead atoms. The van der Waals surface area contributed by atoms with Gasteiger partial charge >= 0.3 is 0 Å². The molecule has 1 amide bonds. The Balaban J connectivity index is 1.81. The lowest BCUT2D eigenvalue weighted by atomic mass is 9.77. The third-order valence-electron chi connectivity index (χ3n) is 5.47. The van der Waals surface area contributed by atoms with E-state index < -0.39 is 12.0 Å². The fourth-order valence-corrected chi connectivity index (χ4v) is 3.84. The molecule has 2 N–H and O–H groups in total. The van der Waals surface area contributed by atoms with Crippen LogP contribution in [-0.4, -0.2) is 33.6 Å². The highest BCUT2D eigenvalue weighted by Gasteiger charge is 2.48. The molecule has 6 heteroatoms. The van der Waals surface area contributed by atoms with Crippen LogP contribution >= 0.6 is 0 Å². The smallest absolute Gasteiger partial charge is 0.233 e. The second kappa shape index (κ2) is 9.71. The van der Waals surface area contributed by atoms with E-state index in [4.69, 9.17) is 0 Å². The summed E-state index contributed by atoms with van der Waals surface area (Å²) in [6.45, 7) is 5.56. The van der Waals surface area contributed by atoms with Crippen LogP contribution in [0.5, 0.6) is 0 Å². The van der Waals surface area contributed by atoms with Crippen molar-refractivity contribution in [3.63, 3.8) is 0 Å². The number of hydrogen-bond acceptors (Lipinski definition) is 3. The van der Waals surface area contributed by atoms with Crippen LogP contribution in [0.2, 0.25) is 0 Å². The Labute approximate surface area is 180 Å². The number of halogens is 2. The van der Waals surface area contributed by atoms with Crippen LogP contribution in [0.3, 0.4) is 0 Å². The molecule has 0 saturated carbocycles. The molecule has 31 heavy (non-hydrogen) atoms. The van der Waals surface area contributed by atoms with Gasteiger partial charge in [0.15, 0.2) is 0 Å². The van der Waals surface area contributed by atoms with Crippen LogP contribution < -0.4 is 0 Å². The summed E-state index contributed by atoms with van der Waals surface area (Å²) in [6, 6.07) is 11.1. The van der Waals surface area contributed by atoms with Gasteiger partial charge in [0.05, 0.1) is 18.1 Å². The Kier molecular flexibility index (Phi) is 7.02. The Hall–Kier alpha value is -3.25. The molecule has 0 aromatic heterocycles. The highest BCUT2D eigenvalue weighted by Crippen LogP contribution is 2.41. The van der Waals surface area contributed by atoms with Gasteiger partial charge < -0.3 is 15.1 Å². The number of amides is 1. The van der Waals surface area contributed by atoms with Crippen molar-refractivity contribution in [2.24, 2.45) is 0 Å². The highest BCUT2D eigenvalue weighted by atomic mass is 19.1. The molecule has 1 unspecified atom stereocenters. The summed E-state index contributed by atoms with van der Waals surface area (Å²) < 4.78 is 26.5. The van der Waals surface area contributed by atoms with Gasteiger partial charge in [0.25, 0.3) is 0 Å². The topological polar surface area (TPSA) is 60.8 Å². The molecule has 0 spiro atoms. The van der Waals surface area contributed by atoms with Crippen molar-refractivity contribution in [3.8, 4) is 0 Å². The molecule has 3 atom stereocenters. The van der Waals surface area contributed by atoms with E-state index in [0.29, 0.717) is 11.1 Å². The van der Waals surface area contributed by atoms with E-state index in [1.165, 1.54) is 42.5 Å². The molecule has 2 aromatic rings. The third-order valence-corrected chi connectivity index (χ3v) is 5.47. The normalized spacial score (nSPS) is 20.1. The molecular weight excluding hydrogens is 400 g/mol. The van der Waals surface area contributed by atoms with Gasteiger partial charge in [0.2, 0.25) is 5.91 Å². The Morgan fingerprint density at radius 2 is 1.68 bits per heavy atom. The number of benzene rings is 2. The predicted octanol–water partition coefficient (Wildman–Crippen LogP) is 4.96. The molecule has 1 aliphatic rings. The van der Waals surface area contributed by atoms with Crippen molar-refractivity contribution in [2.75, 3.05) is 6.54 Å². The van der Waals surface area contributed by atoms with Gasteiger partial charge in [-0.1, -0.05) is 43.0 Å². The third kappa shape index (κ3) is 5.09. The second-order valence-corrected chi connectivity index (χ2v) is 7.48.